The summed E-state index contributed by atoms with van der Waals surface area (Å²) in [4.78, 5) is 21.1. The van der Waals surface area contributed by atoms with Crippen LogP contribution in [-0.4, -0.2) is 52.4 Å². The summed E-state index contributed by atoms with van der Waals surface area (Å²) in [7, 11) is 0. The third-order valence-corrected chi connectivity index (χ3v) is 4.88. The van der Waals surface area contributed by atoms with Gasteiger partial charge < -0.3 is 10.6 Å². The number of amides is 1. The van der Waals surface area contributed by atoms with E-state index >= 15 is 0 Å². The summed E-state index contributed by atoms with van der Waals surface area (Å²) < 4.78 is 0. The lowest BCUT2D eigenvalue weighted by atomic mass is 10.1. The van der Waals surface area contributed by atoms with Gasteiger partial charge in [0.1, 0.15) is 0 Å². The predicted octanol–water partition coefficient (Wildman–Crippen LogP) is 0.963. The van der Waals surface area contributed by atoms with Gasteiger partial charge in [-0.15, -0.1) is 11.3 Å². The van der Waals surface area contributed by atoms with E-state index in [2.05, 4.69) is 16.8 Å². The number of rotatable bonds is 2. The number of fused-ring (bicyclic) bond motifs is 1. The fraction of sp³-hybridized carbons (Fsp3) is 0.692. The number of thiazole rings is 1. The van der Waals surface area contributed by atoms with Crippen molar-refractivity contribution in [1.29, 1.82) is 0 Å². The summed E-state index contributed by atoms with van der Waals surface area (Å²) in [5.41, 5.74) is 6.41. The molecule has 3 rings (SSSR count). The minimum atomic E-state index is 0.185. The number of nitrogens with zero attached hydrogens (tertiary/aromatic N) is 3. The van der Waals surface area contributed by atoms with Crippen LogP contribution in [0.5, 0.6) is 0 Å². The number of carbonyl (C=O) groups is 1. The Bertz CT molecular complexity index is 475. The van der Waals surface area contributed by atoms with Crippen LogP contribution in [0.4, 0.5) is 5.13 Å². The van der Waals surface area contributed by atoms with Gasteiger partial charge in [-0.1, -0.05) is 0 Å². The van der Waals surface area contributed by atoms with E-state index in [9.17, 15) is 4.79 Å². The Morgan fingerprint density at radius 2 is 2.42 bits per heavy atom. The van der Waals surface area contributed by atoms with Gasteiger partial charge in [0.05, 0.1) is 12.1 Å². The Kier molecular flexibility index (Phi) is 3.45. The van der Waals surface area contributed by atoms with Gasteiger partial charge in [0.15, 0.2) is 5.13 Å². The van der Waals surface area contributed by atoms with Crippen LogP contribution in [0.1, 0.15) is 25.5 Å². The van der Waals surface area contributed by atoms with Crippen LogP contribution in [0, 0.1) is 0 Å². The Hall–Kier alpha value is -1.14. The van der Waals surface area contributed by atoms with Crippen LogP contribution in [0.15, 0.2) is 5.38 Å². The van der Waals surface area contributed by atoms with Crippen LogP contribution in [0.2, 0.25) is 0 Å². The van der Waals surface area contributed by atoms with Crippen LogP contribution in [0.25, 0.3) is 0 Å². The van der Waals surface area contributed by atoms with E-state index in [1.165, 1.54) is 30.7 Å². The van der Waals surface area contributed by atoms with Gasteiger partial charge in [-0.25, -0.2) is 4.98 Å². The topological polar surface area (TPSA) is 62.5 Å². The van der Waals surface area contributed by atoms with E-state index in [-0.39, 0.29) is 5.91 Å². The normalized spacial score (nSPS) is 27.5. The monoisotopic (exact) mass is 280 g/mol. The molecule has 2 unspecified atom stereocenters. The Balaban J connectivity index is 1.65. The summed E-state index contributed by atoms with van der Waals surface area (Å²) in [6.07, 6.45) is 2.87. The fourth-order valence-corrected chi connectivity index (χ4v) is 3.76. The maximum Gasteiger partial charge on any atom is 0.228 e. The molecule has 1 aromatic rings. The lowest BCUT2D eigenvalue weighted by Crippen LogP contribution is -2.57. The molecule has 2 aliphatic rings. The number of hydrogen-bond donors (Lipinski definition) is 1. The smallest absolute Gasteiger partial charge is 0.228 e. The van der Waals surface area contributed by atoms with Crippen molar-refractivity contribution in [2.45, 2.75) is 38.3 Å². The predicted molar refractivity (Wildman–Crippen MR) is 76.0 cm³/mol. The largest absolute Gasteiger partial charge is 0.375 e. The number of carbonyl (C=O) groups excluding carboxylic acids is 1. The van der Waals surface area contributed by atoms with Crippen molar-refractivity contribution in [2.24, 2.45) is 0 Å². The highest BCUT2D eigenvalue weighted by molar-refractivity contribution is 7.13. The molecule has 1 amide bonds. The van der Waals surface area contributed by atoms with Crippen LogP contribution in [-0.2, 0) is 11.2 Å². The molecule has 2 fully saturated rings. The summed E-state index contributed by atoms with van der Waals surface area (Å²) in [6.45, 7) is 5.22. The van der Waals surface area contributed by atoms with E-state index in [0.717, 1.165) is 18.8 Å². The highest BCUT2D eigenvalue weighted by atomic mass is 32.1. The average Bonchev–Trinajstić information content (AvgIpc) is 2.96. The molecule has 104 valence electrons. The van der Waals surface area contributed by atoms with Gasteiger partial charge in [0.25, 0.3) is 0 Å². The third kappa shape index (κ3) is 2.60. The molecular formula is C13H20N4OS. The van der Waals surface area contributed by atoms with Crippen molar-refractivity contribution >= 4 is 22.4 Å². The zero-order valence-electron chi connectivity index (χ0n) is 11.2. The molecule has 0 spiro atoms. The van der Waals surface area contributed by atoms with Gasteiger partial charge in [-0.2, -0.15) is 0 Å². The second-order valence-electron chi connectivity index (χ2n) is 5.54. The summed E-state index contributed by atoms with van der Waals surface area (Å²) in [6, 6.07) is 0.874. The van der Waals surface area contributed by atoms with E-state index in [1.807, 2.05) is 10.3 Å². The maximum absolute atomic E-state index is 12.4. The molecule has 0 saturated carbocycles. The lowest BCUT2D eigenvalue weighted by molar-refractivity contribution is -0.136. The number of nitrogens with two attached hydrogens (primary N) is 1. The fourth-order valence-electron chi connectivity index (χ4n) is 3.20. The molecule has 3 heterocycles. The molecular weight excluding hydrogens is 260 g/mol. The van der Waals surface area contributed by atoms with Crippen LogP contribution < -0.4 is 5.73 Å². The number of aromatic nitrogens is 1. The van der Waals surface area contributed by atoms with Gasteiger partial charge in [-0.05, 0) is 26.3 Å². The SMILES string of the molecule is CC1CN2CCCC2CN1C(=O)Cc1csc(N)n1. The molecule has 2 saturated heterocycles. The summed E-state index contributed by atoms with van der Waals surface area (Å²) >= 11 is 1.40. The molecule has 0 aliphatic carbocycles. The second kappa shape index (κ2) is 5.09. The standard InChI is InChI=1S/C13H20N4OS/c1-9-6-16-4-2-3-11(16)7-17(9)12(18)5-10-8-19-13(14)15-10/h8-9,11H,2-7H2,1H3,(H2,14,15). The van der Waals surface area contributed by atoms with Crippen molar-refractivity contribution < 1.29 is 4.79 Å². The molecule has 2 atom stereocenters. The highest BCUT2D eigenvalue weighted by Crippen LogP contribution is 2.25. The highest BCUT2D eigenvalue weighted by Gasteiger charge is 2.36. The first-order chi connectivity index (χ1) is 9.13. The molecule has 0 radical (unpaired) electrons. The number of anilines is 1. The molecule has 2 aliphatic heterocycles. The first-order valence-corrected chi connectivity index (χ1v) is 7.75. The quantitative estimate of drug-likeness (QED) is 0.876. The van der Waals surface area contributed by atoms with E-state index in [0.29, 0.717) is 23.6 Å². The minimum Gasteiger partial charge on any atom is -0.375 e. The van der Waals surface area contributed by atoms with Crippen LogP contribution >= 0.6 is 11.3 Å². The zero-order valence-corrected chi connectivity index (χ0v) is 12.0. The molecule has 0 aromatic carbocycles. The first-order valence-electron chi connectivity index (χ1n) is 6.87. The minimum absolute atomic E-state index is 0.185. The Morgan fingerprint density at radius 3 is 3.16 bits per heavy atom. The van der Waals surface area contributed by atoms with E-state index in [4.69, 9.17) is 5.73 Å². The average molecular weight is 280 g/mol. The molecule has 19 heavy (non-hydrogen) atoms. The van der Waals surface area contributed by atoms with E-state index < -0.39 is 0 Å². The third-order valence-electron chi connectivity index (χ3n) is 4.16. The zero-order chi connectivity index (χ0) is 13.4. The molecule has 0 bridgehead atoms. The summed E-state index contributed by atoms with van der Waals surface area (Å²) in [5.74, 6) is 0.185. The number of nitrogen functional groups attached to an aromatic ring is 1. The second-order valence-corrected chi connectivity index (χ2v) is 6.43. The molecule has 5 nitrogen and oxygen atoms in total. The molecule has 6 heteroatoms. The molecule has 2 N–H and O–H groups in total. The van der Waals surface area contributed by atoms with Crippen LogP contribution in [0.3, 0.4) is 0 Å². The number of hydrogen-bond acceptors (Lipinski definition) is 5. The van der Waals surface area contributed by atoms with Gasteiger partial charge in [-0.3, -0.25) is 9.69 Å². The first kappa shape index (κ1) is 12.9. The van der Waals surface area contributed by atoms with Crippen molar-refractivity contribution in [3.8, 4) is 0 Å². The van der Waals surface area contributed by atoms with Gasteiger partial charge in [0.2, 0.25) is 5.91 Å². The summed E-state index contributed by atoms with van der Waals surface area (Å²) in [5, 5.41) is 2.42. The lowest BCUT2D eigenvalue weighted by Gasteiger charge is -2.42. The molecule has 1 aromatic heterocycles. The van der Waals surface area contributed by atoms with Gasteiger partial charge >= 0.3 is 0 Å². The van der Waals surface area contributed by atoms with Gasteiger partial charge in [0, 0.05) is 30.6 Å². The van der Waals surface area contributed by atoms with E-state index in [1.54, 1.807) is 0 Å². The van der Waals surface area contributed by atoms with Crippen molar-refractivity contribution in [1.82, 2.24) is 14.8 Å². The van der Waals surface area contributed by atoms with Crippen molar-refractivity contribution in [3.63, 3.8) is 0 Å². The Labute approximate surface area is 117 Å². The van der Waals surface area contributed by atoms with Crippen molar-refractivity contribution in [2.75, 3.05) is 25.4 Å². The van der Waals surface area contributed by atoms with Crippen molar-refractivity contribution in [3.05, 3.63) is 11.1 Å². The number of piperazine rings is 1. The maximum atomic E-state index is 12.4. The Morgan fingerprint density at radius 1 is 1.58 bits per heavy atom.